The second kappa shape index (κ2) is 5.96. The highest BCUT2D eigenvalue weighted by Gasteiger charge is 2.51. The van der Waals surface area contributed by atoms with Crippen molar-refractivity contribution in [2.24, 2.45) is 9.98 Å². The minimum absolute atomic E-state index is 0.177. The first kappa shape index (κ1) is 16.0. The van der Waals surface area contributed by atoms with E-state index in [-0.39, 0.29) is 24.5 Å². The first-order chi connectivity index (χ1) is 10.9. The van der Waals surface area contributed by atoms with Crippen LogP contribution in [-0.4, -0.2) is 82.4 Å². The van der Waals surface area contributed by atoms with E-state index >= 15 is 0 Å². The Bertz CT molecular complexity index is 577. The van der Waals surface area contributed by atoms with Crippen LogP contribution in [0.3, 0.4) is 0 Å². The maximum atomic E-state index is 11.9. The molecule has 4 N–H and O–H groups in total. The number of hydrogen-bond acceptors (Lipinski definition) is 8. The van der Waals surface area contributed by atoms with E-state index in [4.69, 9.17) is 14.9 Å². The van der Waals surface area contributed by atoms with Gasteiger partial charge in [0, 0.05) is 0 Å². The van der Waals surface area contributed by atoms with Gasteiger partial charge in [0.25, 0.3) is 5.91 Å². The van der Waals surface area contributed by atoms with Crippen molar-refractivity contribution >= 4 is 24.0 Å². The summed E-state index contributed by atoms with van der Waals surface area (Å²) in [6.45, 7) is 3.27. The van der Waals surface area contributed by atoms with Crippen molar-refractivity contribution in [1.82, 2.24) is 10.2 Å². The molecular weight excluding hydrogens is 306 g/mol. The predicted molar refractivity (Wildman–Crippen MR) is 79.2 cm³/mol. The zero-order chi connectivity index (χ0) is 16.7. The van der Waals surface area contributed by atoms with Crippen LogP contribution in [0.15, 0.2) is 9.98 Å². The maximum absolute atomic E-state index is 11.9. The van der Waals surface area contributed by atoms with Gasteiger partial charge in [-0.3, -0.25) is 25.4 Å². The third-order valence-corrected chi connectivity index (χ3v) is 3.76. The molecule has 3 aliphatic heterocycles. The molecule has 5 atom stereocenters. The molecule has 23 heavy (non-hydrogen) atoms. The Kier molecular flexibility index (Phi) is 4.15. The van der Waals surface area contributed by atoms with Crippen LogP contribution >= 0.6 is 0 Å². The maximum Gasteiger partial charge on any atom is 0.259 e. The first-order valence-corrected chi connectivity index (χ1v) is 7.32. The molecular formula is C13H19N5O5. The number of fused-ring (bicyclic) bond motifs is 1. The summed E-state index contributed by atoms with van der Waals surface area (Å²) in [4.78, 5) is 21.4. The van der Waals surface area contributed by atoms with Gasteiger partial charge >= 0.3 is 0 Å². The van der Waals surface area contributed by atoms with Gasteiger partial charge in [0.05, 0.1) is 19.0 Å². The molecule has 1 fully saturated rings. The van der Waals surface area contributed by atoms with Crippen LogP contribution in [0.25, 0.3) is 0 Å². The lowest BCUT2D eigenvalue weighted by atomic mass is 10.1. The van der Waals surface area contributed by atoms with Crippen LogP contribution in [0.1, 0.15) is 13.8 Å². The van der Waals surface area contributed by atoms with Crippen LogP contribution in [-0.2, 0) is 14.3 Å². The number of carbonyl (C=O) groups is 1. The van der Waals surface area contributed by atoms with Crippen molar-refractivity contribution in [1.29, 1.82) is 5.41 Å². The fraction of sp³-hybridized carbons (Fsp3) is 0.692. The van der Waals surface area contributed by atoms with Gasteiger partial charge in [-0.05, 0) is 13.8 Å². The van der Waals surface area contributed by atoms with Gasteiger partial charge in [-0.15, -0.1) is 0 Å². The summed E-state index contributed by atoms with van der Waals surface area (Å²) in [6.07, 6.45) is -2.18. The van der Waals surface area contributed by atoms with Crippen LogP contribution in [0.4, 0.5) is 0 Å². The van der Waals surface area contributed by atoms with Gasteiger partial charge in [-0.25, -0.2) is 0 Å². The average Bonchev–Trinajstić information content (AvgIpc) is 3.01. The highest BCUT2D eigenvalue weighted by Crippen LogP contribution is 2.29. The van der Waals surface area contributed by atoms with Gasteiger partial charge in [-0.1, -0.05) is 0 Å². The molecule has 126 valence electrons. The van der Waals surface area contributed by atoms with E-state index in [1.165, 1.54) is 11.2 Å². The second-order valence-corrected chi connectivity index (χ2v) is 5.77. The molecule has 3 aliphatic rings. The molecule has 10 heteroatoms. The fourth-order valence-corrected chi connectivity index (χ4v) is 2.79. The van der Waals surface area contributed by atoms with Gasteiger partial charge in [0.1, 0.15) is 18.3 Å². The van der Waals surface area contributed by atoms with Crippen molar-refractivity contribution < 1.29 is 24.5 Å². The number of aliphatic hydroxyl groups excluding tert-OH is 2. The van der Waals surface area contributed by atoms with Crippen LogP contribution in [0.5, 0.6) is 0 Å². The molecule has 1 amide bonds. The SMILES string of the molecule is CC(C)O[C@@H]1[C@H](O)[C@@H](CO)O[C@H]1N1C=NC2C(=O)NC(=N)N=C21. The molecule has 0 aromatic rings. The molecule has 0 aliphatic carbocycles. The van der Waals surface area contributed by atoms with E-state index in [1.807, 2.05) is 13.8 Å². The summed E-state index contributed by atoms with van der Waals surface area (Å²) in [7, 11) is 0. The summed E-state index contributed by atoms with van der Waals surface area (Å²) in [6, 6.07) is -0.849. The van der Waals surface area contributed by atoms with Gasteiger partial charge < -0.3 is 19.7 Å². The van der Waals surface area contributed by atoms with E-state index in [0.29, 0.717) is 0 Å². The number of hydrogen-bond donors (Lipinski definition) is 4. The second-order valence-electron chi connectivity index (χ2n) is 5.77. The van der Waals surface area contributed by atoms with Crippen molar-refractivity contribution in [2.75, 3.05) is 6.61 Å². The number of guanidine groups is 1. The van der Waals surface area contributed by atoms with Crippen LogP contribution in [0.2, 0.25) is 0 Å². The summed E-state index contributed by atoms with van der Waals surface area (Å²) in [5.74, 6) is -0.487. The number of nitrogens with zero attached hydrogens (tertiary/aromatic N) is 3. The van der Waals surface area contributed by atoms with Gasteiger partial charge in [-0.2, -0.15) is 4.99 Å². The van der Waals surface area contributed by atoms with Crippen molar-refractivity contribution in [3.05, 3.63) is 0 Å². The van der Waals surface area contributed by atoms with Crippen molar-refractivity contribution in [2.45, 2.75) is 50.5 Å². The average molecular weight is 325 g/mol. The number of rotatable bonds is 4. The Hall–Kier alpha value is -1.88. The predicted octanol–water partition coefficient (Wildman–Crippen LogP) is -1.97. The monoisotopic (exact) mass is 325 g/mol. The quantitative estimate of drug-likeness (QED) is 0.473. The Morgan fingerprint density at radius 3 is 2.96 bits per heavy atom. The Balaban J connectivity index is 1.88. The number of amides is 1. The number of carbonyl (C=O) groups excluding carboxylic acids is 1. The summed E-state index contributed by atoms with van der Waals surface area (Å²) < 4.78 is 11.4. The van der Waals surface area contributed by atoms with E-state index in [1.54, 1.807) is 0 Å². The Labute approximate surface area is 132 Å². The molecule has 0 aromatic heterocycles. The molecule has 10 nitrogen and oxygen atoms in total. The van der Waals surface area contributed by atoms with Crippen molar-refractivity contribution in [3.8, 4) is 0 Å². The lowest BCUT2D eigenvalue weighted by Crippen LogP contribution is -2.53. The standard InChI is InChI=1S/C13H19N5O5/c1-5(2)22-9-8(20)6(3-19)23-12(9)18-4-15-7-10(18)16-13(14)17-11(7)21/h4-9,12,19-20H,3H2,1-2H3,(H2,14,17,21)/t6-,7?,8-,9-,12-/m1/s1. The summed E-state index contributed by atoms with van der Waals surface area (Å²) in [5, 5.41) is 29.5. The zero-order valence-corrected chi connectivity index (χ0v) is 12.7. The number of aliphatic imine (C=N–C) groups is 2. The topological polar surface area (TPSA) is 140 Å². The smallest absolute Gasteiger partial charge is 0.259 e. The Morgan fingerprint density at radius 1 is 1.57 bits per heavy atom. The lowest BCUT2D eigenvalue weighted by molar-refractivity contribution is -0.119. The molecule has 3 rings (SSSR count). The molecule has 0 saturated carbocycles. The highest BCUT2D eigenvalue weighted by atomic mass is 16.6. The highest BCUT2D eigenvalue weighted by molar-refractivity contribution is 6.23. The molecule has 0 bridgehead atoms. The summed E-state index contributed by atoms with van der Waals surface area (Å²) in [5.41, 5.74) is 0. The summed E-state index contributed by atoms with van der Waals surface area (Å²) >= 11 is 0. The van der Waals surface area contributed by atoms with Gasteiger partial charge in [0.2, 0.25) is 5.96 Å². The van der Waals surface area contributed by atoms with Crippen LogP contribution < -0.4 is 5.32 Å². The number of aliphatic hydroxyl groups is 2. The number of amidine groups is 1. The molecule has 0 spiro atoms. The zero-order valence-electron chi connectivity index (χ0n) is 12.7. The molecule has 0 aromatic carbocycles. The Morgan fingerprint density at radius 2 is 2.30 bits per heavy atom. The number of nitrogens with one attached hydrogen (secondary N) is 2. The largest absolute Gasteiger partial charge is 0.394 e. The van der Waals surface area contributed by atoms with E-state index in [2.05, 4.69) is 15.3 Å². The lowest BCUT2D eigenvalue weighted by Gasteiger charge is -2.31. The fourth-order valence-electron chi connectivity index (χ4n) is 2.79. The minimum atomic E-state index is -1.03. The van der Waals surface area contributed by atoms with Gasteiger partial charge in [0.15, 0.2) is 18.1 Å². The van der Waals surface area contributed by atoms with Crippen molar-refractivity contribution in [3.63, 3.8) is 0 Å². The molecule has 0 radical (unpaired) electrons. The number of ether oxygens (including phenoxy) is 2. The first-order valence-electron chi connectivity index (χ1n) is 7.32. The third-order valence-electron chi connectivity index (χ3n) is 3.76. The minimum Gasteiger partial charge on any atom is -0.394 e. The molecule has 1 saturated heterocycles. The normalized spacial score (nSPS) is 36.5. The molecule has 1 unspecified atom stereocenters. The van der Waals surface area contributed by atoms with Crippen LogP contribution in [0, 0.1) is 5.41 Å². The van der Waals surface area contributed by atoms with E-state index in [0.717, 1.165) is 0 Å². The van der Waals surface area contributed by atoms with E-state index < -0.39 is 36.5 Å². The molecule has 3 heterocycles. The van der Waals surface area contributed by atoms with E-state index in [9.17, 15) is 15.0 Å². The third kappa shape index (κ3) is 2.74.